The SMILES string of the molecule is CCOc1cccc(C2/C(=C(\O)c3ccccc3)C(=O)C(=O)N2CCCN(C)C)c1. The summed E-state index contributed by atoms with van der Waals surface area (Å²) in [6.45, 7) is 3.61. The summed E-state index contributed by atoms with van der Waals surface area (Å²) in [5.74, 6) is -0.740. The van der Waals surface area contributed by atoms with E-state index in [1.54, 1.807) is 29.2 Å². The number of rotatable bonds is 8. The van der Waals surface area contributed by atoms with Gasteiger partial charge in [-0.1, -0.05) is 42.5 Å². The molecule has 3 rings (SSSR count). The molecule has 1 heterocycles. The van der Waals surface area contributed by atoms with Crippen LogP contribution in [0.1, 0.15) is 30.5 Å². The van der Waals surface area contributed by atoms with Crippen LogP contribution in [-0.2, 0) is 9.59 Å². The number of nitrogens with zero attached hydrogens (tertiary/aromatic N) is 2. The number of carbonyl (C=O) groups excluding carboxylic acids is 2. The highest BCUT2D eigenvalue weighted by Crippen LogP contribution is 2.40. The Kier molecular flexibility index (Phi) is 6.90. The van der Waals surface area contributed by atoms with E-state index in [-0.39, 0.29) is 11.3 Å². The van der Waals surface area contributed by atoms with Gasteiger partial charge in [0, 0.05) is 12.1 Å². The zero-order valence-electron chi connectivity index (χ0n) is 17.7. The number of hydrogen-bond donors (Lipinski definition) is 1. The smallest absolute Gasteiger partial charge is 0.295 e. The molecular weight excluding hydrogens is 380 g/mol. The zero-order valence-corrected chi connectivity index (χ0v) is 17.7. The van der Waals surface area contributed by atoms with Gasteiger partial charge in [0.1, 0.15) is 11.5 Å². The van der Waals surface area contributed by atoms with Crippen LogP contribution >= 0.6 is 0 Å². The monoisotopic (exact) mass is 408 g/mol. The van der Waals surface area contributed by atoms with Gasteiger partial charge in [0.25, 0.3) is 11.7 Å². The van der Waals surface area contributed by atoms with Gasteiger partial charge >= 0.3 is 0 Å². The van der Waals surface area contributed by atoms with Gasteiger partial charge in [-0.05, 0) is 51.7 Å². The Balaban J connectivity index is 2.08. The zero-order chi connectivity index (χ0) is 21.7. The lowest BCUT2D eigenvalue weighted by atomic mass is 9.95. The number of hydrogen-bond acceptors (Lipinski definition) is 5. The van der Waals surface area contributed by atoms with E-state index in [1.165, 1.54) is 0 Å². The van der Waals surface area contributed by atoms with Gasteiger partial charge in [0.2, 0.25) is 0 Å². The Labute approximate surface area is 177 Å². The minimum Gasteiger partial charge on any atom is -0.507 e. The second-order valence-corrected chi connectivity index (χ2v) is 7.52. The van der Waals surface area contributed by atoms with E-state index in [0.29, 0.717) is 30.9 Å². The third-order valence-electron chi connectivity index (χ3n) is 5.08. The molecule has 1 fully saturated rings. The van der Waals surface area contributed by atoms with Gasteiger partial charge in [-0.3, -0.25) is 9.59 Å². The van der Waals surface area contributed by atoms with Crippen molar-refractivity contribution in [3.8, 4) is 5.75 Å². The molecule has 1 aliphatic rings. The van der Waals surface area contributed by atoms with Crippen molar-refractivity contribution in [3.63, 3.8) is 0 Å². The van der Waals surface area contributed by atoms with Crippen molar-refractivity contribution in [2.75, 3.05) is 33.8 Å². The summed E-state index contributed by atoms with van der Waals surface area (Å²) in [5.41, 5.74) is 1.36. The molecule has 30 heavy (non-hydrogen) atoms. The first-order valence-corrected chi connectivity index (χ1v) is 10.1. The quantitative estimate of drug-likeness (QED) is 0.412. The van der Waals surface area contributed by atoms with Gasteiger partial charge in [-0.25, -0.2) is 0 Å². The molecule has 0 aromatic heterocycles. The van der Waals surface area contributed by atoms with Crippen LogP contribution in [0.5, 0.6) is 5.75 Å². The Hall–Kier alpha value is -3.12. The van der Waals surface area contributed by atoms with Crippen molar-refractivity contribution in [2.45, 2.75) is 19.4 Å². The summed E-state index contributed by atoms with van der Waals surface area (Å²) in [7, 11) is 3.93. The van der Waals surface area contributed by atoms with Crippen LogP contribution in [0.25, 0.3) is 5.76 Å². The van der Waals surface area contributed by atoms with Crippen molar-refractivity contribution >= 4 is 17.4 Å². The first-order valence-electron chi connectivity index (χ1n) is 10.1. The molecular formula is C24H28N2O4. The minimum atomic E-state index is -0.659. The van der Waals surface area contributed by atoms with Crippen molar-refractivity contribution in [1.29, 1.82) is 0 Å². The number of ether oxygens (including phenoxy) is 1. The van der Waals surface area contributed by atoms with E-state index < -0.39 is 17.7 Å². The predicted molar refractivity (Wildman–Crippen MR) is 116 cm³/mol. The fourth-order valence-electron chi connectivity index (χ4n) is 3.71. The Morgan fingerprint density at radius 3 is 2.50 bits per heavy atom. The highest BCUT2D eigenvalue weighted by Gasteiger charge is 2.45. The molecule has 6 heteroatoms. The number of ketones is 1. The average molecular weight is 408 g/mol. The normalized spacial score (nSPS) is 18.3. The number of aliphatic hydroxyl groups excluding tert-OH is 1. The number of carbonyl (C=O) groups is 2. The van der Waals surface area contributed by atoms with E-state index in [2.05, 4.69) is 0 Å². The van der Waals surface area contributed by atoms with E-state index in [4.69, 9.17) is 4.74 Å². The van der Waals surface area contributed by atoms with E-state index >= 15 is 0 Å². The molecule has 2 aromatic carbocycles. The van der Waals surface area contributed by atoms with Crippen LogP contribution in [0, 0.1) is 0 Å². The van der Waals surface area contributed by atoms with Crippen LogP contribution in [-0.4, -0.2) is 60.4 Å². The first kappa shape index (κ1) is 21.6. The van der Waals surface area contributed by atoms with Gasteiger partial charge in [0.15, 0.2) is 0 Å². The third kappa shape index (κ3) is 4.54. The van der Waals surface area contributed by atoms with Crippen LogP contribution in [0.15, 0.2) is 60.2 Å². The third-order valence-corrected chi connectivity index (χ3v) is 5.08. The molecule has 1 aliphatic heterocycles. The lowest BCUT2D eigenvalue weighted by molar-refractivity contribution is -0.139. The highest BCUT2D eigenvalue weighted by molar-refractivity contribution is 6.46. The molecule has 1 atom stereocenters. The molecule has 0 spiro atoms. The molecule has 1 N–H and O–H groups in total. The summed E-state index contributed by atoms with van der Waals surface area (Å²) in [4.78, 5) is 29.5. The summed E-state index contributed by atoms with van der Waals surface area (Å²) in [5, 5.41) is 11.0. The predicted octanol–water partition coefficient (Wildman–Crippen LogP) is 3.46. The maximum absolute atomic E-state index is 13.0. The maximum atomic E-state index is 13.0. The largest absolute Gasteiger partial charge is 0.507 e. The Bertz CT molecular complexity index is 937. The fourth-order valence-corrected chi connectivity index (χ4v) is 3.71. The van der Waals surface area contributed by atoms with Gasteiger partial charge in [-0.15, -0.1) is 0 Å². The van der Waals surface area contributed by atoms with Crippen LogP contribution in [0.2, 0.25) is 0 Å². The first-order chi connectivity index (χ1) is 14.4. The molecule has 1 amide bonds. The summed E-state index contributed by atoms with van der Waals surface area (Å²) in [6.07, 6.45) is 0.715. The van der Waals surface area contributed by atoms with Gasteiger partial charge in [-0.2, -0.15) is 0 Å². The molecule has 2 aromatic rings. The fraction of sp³-hybridized carbons (Fsp3) is 0.333. The number of Topliss-reactive ketones (excluding diaryl/α,β-unsaturated/α-hetero) is 1. The molecule has 0 radical (unpaired) electrons. The molecule has 0 bridgehead atoms. The maximum Gasteiger partial charge on any atom is 0.295 e. The molecule has 0 aliphatic carbocycles. The number of aliphatic hydroxyl groups is 1. The Morgan fingerprint density at radius 1 is 1.10 bits per heavy atom. The van der Waals surface area contributed by atoms with E-state index in [0.717, 1.165) is 12.1 Å². The summed E-state index contributed by atoms with van der Waals surface area (Å²) >= 11 is 0. The summed E-state index contributed by atoms with van der Waals surface area (Å²) < 4.78 is 5.61. The van der Waals surface area contributed by atoms with E-state index in [1.807, 2.05) is 56.3 Å². The van der Waals surface area contributed by atoms with Crippen molar-refractivity contribution in [3.05, 3.63) is 71.3 Å². The Morgan fingerprint density at radius 2 is 1.83 bits per heavy atom. The van der Waals surface area contributed by atoms with Crippen LogP contribution in [0.3, 0.4) is 0 Å². The van der Waals surface area contributed by atoms with Crippen LogP contribution < -0.4 is 4.74 Å². The number of amides is 1. The lowest BCUT2D eigenvalue weighted by Crippen LogP contribution is -2.32. The minimum absolute atomic E-state index is 0.115. The van der Waals surface area contributed by atoms with Gasteiger partial charge in [0.05, 0.1) is 18.2 Å². The highest BCUT2D eigenvalue weighted by atomic mass is 16.5. The second kappa shape index (κ2) is 9.59. The molecule has 1 saturated heterocycles. The average Bonchev–Trinajstić information content (AvgIpc) is 2.99. The van der Waals surface area contributed by atoms with E-state index in [9.17, 15) is 14.7 Å². The molecule has 6 nitrogen and oxygen atoms in total. The van der Waals surface area contributed by atoms with Crippen molar-refractivity contribution < 1.29 is 19.4 Å². The summed E-state index contributed by atoms with van der Waals surface area (Å²) in [6, 6.07) is 15.6. The van der Waals surface area contributed by atoms with Gasteiger partial charge < -0.3 is 19.6 Å². The molecule has 1 unspecified atom stereocenters. The number of benzene rings is 2. The van der Waals surface area contributed by atoms with Crippen molar-refractivity contribution in [2.24, 2.45) is 0 Å². The number of likely N-dealkylation sites (tertiary alicyclic amines) is 1. The topological polar surface area (TPSA) is 70.1 Å². The second-order valence-electron chi connectivity index (χ2n) is 7.52. The molecule has 0 saturated carbocycles. The van der Waals surface area contributed by atoms with Crippen molar-refractivity contribution in [1.82, 2.24) is 9.80 Å². The van der Waals surface area contributed by atoms with Crippen LogP contribution in [0.4, 0.5) is 0 Å². The lowest BCUT2D eigenvalue weighted by Gasteiger charge is -2.26. The standard InChI is InChI=1S/C24H28N2O4/c1-4-30-19-13-8-12-18(16-19)21-20(22(27)17-10-6-5-7-11-17)23(28)24(29)26(21)15-9-14-25(2)3/h5-8,10-13,16,21,27H,4,9,14-15H2,1-3H3/b22-20+. The molecule has 158 valence electrons.